The van der Waals surface area contributed by atoms with E-state index in [0.717, 1.165) is 0 Å². The molecule has 1 atom stereocenters. The van der Waals surface area contributed by atoms with Crippen molar-refractivity contribution in [3.63, 3.8) is 0 Å². The van der Waals surface area contributed by atoms with Crippen LogP contribution in [-0.2, 0) is 14.8 Å². The quantitative estimate of drug-likeness (QED) is 0.761. The second-order valence-corrected chi connectivity index (χ2v) is 6.40. The lowest BCUT2D eigenvalue weighted by Gasteiger charge is -2.17. The summed E-state index contributed by atoms with van der Waals surface area (Å²) in [6, 6.07) is 1.61. The Hall–Kier alpha value is -0.930. The van der Waals surface area contributed by atoms with Crippen LogP contribution in [0.3, 0.4) is 0 Å². The van der Waals surface area contributed by atoms with Crippen LogP contribution < -0.4 is 4.72 Å². The summed E-state index contributed by atoms with van der Waals surface area (Å²) in [4.78, 5) is 11.4. The van der Waals surface area contributed by atoms with Gasteiger partial charge in [0.2, 0.25) is 10.0 Å². The minimum absolute atomic E-state index is 0.212. The van der Waals surface area contributed by atoms with E-state index >= 15 is 0 Å². The van der Waals surface area contributed by atoms with Gasteiger partial charge in [-0.1, -0.05) is 20.8 Å². The van der Waals surface area contributed by atoms with Crippen LogP contribution in [0.15, 0.2) is 0 Å². The molecule has 1 N–H and O–H groups in total. The Balaban J connectivity index is 4.44. The third-order valence-electron chi connectivity index (χ3n) is 1.92. The predicted octanol–water partition coefficient (Wildman–Crippen LogP) is 0.433. The zero-order valence-electron chi connectivity index (χ0n) is 9.36. The number of carbonyl (C=O) groups excluding carboxylic acids is 1. The van der Waals surface area contributed by atoms with E-state index < -0.39 is 20.7 Å². The van der Waals surface area contributed by atoms with Crippen molar-refractivity contribution in [2.24, 2.45) is 5.41 Å². The van der Waals surface area contributed by atoms with Crippen LogP contribution in [0, 0.1) is 16.7 Å². The molecule has 0 aliphatic rings. The van der Waals surface area contributed by atoms with Gasteiger partial charge in [0, 0.05) is 5.41 Å². The molecule has 0 aromatic carbocycles. The Bertz CT molecular complexity index is 373. The molecular formula is C9H16N2O3S. The molecule has 0 aromatic heterocycles. The van der Waals surface area contributed by atoms with Crippen LogP contribution in [0.1, 0.15) is 27.7 Å². The van der Waals surface area contributed by atoms with Crippen LogP contribution in [0.4, 0.5) is 0 Å². The fourth-order valence-electron chi connectivity index (χ4n) is 0.626. The first-order chi connectivity index (χ1) is 6.61. The van der Waals surface area contributed by atoms with Gasteiger partial charge in [0.15, 0.2) is 11.0 Å². The first kappa shape index (κ1) is 14.1. The Labute approximate surface area is 90.5 Å². The summed E-state index contributed by atoms with van der Waals surface area (Å²) >= 11 is 0. The van der Waals surface area contributed by atoms with Gasteiger partial charge in [-0.25, -0.2) is 13.1 Å². The van der Waals surface area contributed by atoms with E-state index in [4.69, 9.17) is 5.26 Å². The smallest absolute Gasteiger partial charge is 0.228 e. The highest BCUT2D eigenvalue weighted by atomic mass is 32.2. The van der Waals surface area contributed by atoms with E-state index in [1.807, 2.05) is 0 Å². The molecule has 1 unspecified atom stereocenters. The molecule has 0 aromatic rings. The minimum Gasteiger partial charge on any atom is -0.298 e. The second kappa shape index (κ2) is 4.73. The lowest BCUT2D eigenvalue weighted by atomic mass is 9.91. The molecule has 0 saturated carbocycles. The predicted molar refractivity (Wildman–Crippen MR) is 56.5 cm³/mol. The standard InChI is InChI=1S/C9H16N2O3S/c1-7(5-10)15(13,14)11-6-8(12)9(2,3)4/h7,11H,6H2,1-4H3. The first-order valence-electron chi connectivity index (χ1n) is 4.52. The summed E-state index contributed by atoms with van der Waals surface area (Å²) in [5, 5.41) is 7.29. The molecule has 0 amide bonds. The summed E-state index contributed by atoms with van der Waals surface area (Å²) in [6.07, 6.45) is 0. The maximum atomic E-state index is 11.4. The van der Waals surface area contributed by atoms with Crippen molar-refractivity contribution >= 4 is 15.8 Å². The summed E-state index contributed by atoms with van der Waals surface area (Å²) < 4.78 is 24.7. The summed E-state index contributed by atoms with van der Waals surface area (Å²) in [5.41, 5.74) is -0.585. The van der Waals surface area contributed by atoms with E-state index in [2.05, 4.69) is 4.72 Å². The number of nitrogens with zero attached hydrogens (tertiary/aromatic N) is 1. The van der Waals surface area contributed by atoms with Crippen LogP contribution in [0.25, 0.3) is 0 Å². The topological polar surface area (TPSA) is 87.0 Å². The molecule has 0 saturated heterocycles. The van der Waals surface area contributed by atoms with Crippen LogP contribution in [0.5, 0.6) is 0 Å². The number of ketones is 1. The number of hydrogen-bond donors (Lipinski definition) is 1. The fourth-order valence-corrected chi connectivity index (χ4v) is 1.35. The molecule has 86 valence electrons. The molecule has 0 bridgehead atoms. The molecule has 0 heterocycles. The van der Waals surface area contributed by atoms with Gasteiger partial charge in [-0.15, -0.1) is 0 Å². The van der Waals surface area contributed by atoms with Crippen molar-refractivity contribution < 1.29 is 13.2 Å². The van der Waals surface area contributed by atoms with E-state index in [0.29, 0.717) is 0 Å². The van der Waals surface area contributed by atoms with Gasteiger partial charge in [-0.3, -0.25) is 4.79 Å². The van der Waals surface area contributed by atoms with Gasteiger partial charge in [0.05, 0.1) is 12.6 Å². The van der Waals surface area contributed by atoms with Gasteiger partial charge in [-0.2, -0.15) is 5.26 Å². The highest BCUT2D eigenvalue weighted by Crippen LogP contribution is 2.13. The largest absolute Gasteiger partial charge is 0.298 e. The van der Waals surface area contributed by atoms with Crippen molar-refractivity contribution in [2.45, 2.75) is 32.9 Å². The molecule has 15 heavy (non-hydrogen) atoms. The molecular weight excluding hydrogens is 216 g/mol. The average Bonchev–Trinajstić information content (AvgIpc) is 2.11. The monoisotopic (exact) mass is 232 g/mol. The zero-order valence-corrected chi connectivity index (χ0v) is 10.2. The van der Waals surface area contributed by atoms with E-state index in [-0.39, 0.29) is 12.3 Å². The van der Waals surface area contributed by atoms with E-state index in [1.165, 1.54) is 6.92 Å². The zero-order chi connectivity index (χ0) is 12.3. The Morgan fingerprint density at radius 3 is 2.27 bits per heavy atom. The number of nitriles is 1. The van der Waals surface area contributed by atoms with Crippen LogP contribution in [-0.4, -0.2) is 26.0 Å². The molecule has 0 aliphatic heterocycles. The number of hydrogen-bond acceptors (Lipinski definition) is 4. The number of sulfonamides is 1. The van der Waals surface area contributed by atoms with Gasteiger partial charge in [0.1, 0.15) is 0 Å². The van der Waals surface area contributed by atoms with Crippen molar-refractivity contribution in [1.29, 1.82) is 5.26 Å². The Kier molecular flexibility index (Phi) is 4.43. The minimum atomic E-state index is -3.70. The van der Waals surface area contributed by atoms with Gasteiger partial charge in [-0.05, 0) is 6.92 Å². The van der Waals surface area contributed by atoms with E-state index in [9.17, 15) is 13.2 Å². The van der Waals surface area contributed by atoms with Gasteiger partial charge >= 0.3 is 0 Å². The summed E-state index contributed by atoms with van der Waals surface area (Å²) in [6.45, 7) is 6.12. The molecule has 0 aliphatic carbocycles. The average molecular weight is 232 g/mol. The maximum absolute atomic E-state index is 11.4. The third-order valence-corrected chi connectivity index (χ3v) is 3.50. The van der Waals surface area contributed by atoms with E-state index in [1.54, 1.807) is 26.8 Å². The summed E-state index contributed by atoms with van der Waals surface area (Å²) in [7, 11) is -3.70. The molecule has 0 rings (SSSR count). The number of rotatable bonds is 4. The lowest BCUT2D eigenvalue weighted by molar-refractivity contribution is -0.125. The SMILES string of the molecule is CC(C#N)S(=O)(=O)NCC(=O)C(C)(C)C. The lowest BCUT2D eigenvalue weighted by Crippen LogP contribution is -2.39. The maximum Gasteiger partial charge on any atom is 0.228 e. The van der Waals surface area contributed by atoms with Crippen molar-refractivity contribution in [3.8, 4) is 6.07 Å². The third kappa shape index (κ3) is 4.40. The first-order valence-corrected chi connectivity index (χ1v) is 6.07. The van der Waals surface area contributed by atoms with Crippen LogP contribution in [0.2, 0.25) is 0 Å². The van der Waals surface area contributed by atoms with Crippen molar-refractivity contribution in [2.75, 3.05) is 6.54 Å². The number of nitrogens with one attached hydrogen (secondary N) is 1. The molecule has 6 heteroatoms. The highest BCUT2D eigenvalue weighted by molar-refractivity contribution is 7.90. The van der Waals surface area contributed by atoms with Crippen LogP contribution >= 0.6 is 0 Å². The Morgan fingerprint density at radius 1 is 1.47 bits per heavy atom. The van der Waals surface area contributed by atoms with Gasteiger partial charge < -0.3 is 0 Å². The molecule has 5 nitrogen and oxygen atoms in total. The Morgan fingerprint density at radius 2 is 1.93 bits per heavy atom. The molecule has 0 fully saturated rings. The van der Waals surface area contributed by atoms with Gasteiger partial charge in [0.25, 0.3) is 0 Å². The number of Topliss-reactive ketones (excluding diaryl/α,β-unsaturated/α-hetero) is 1. The van der Waals surface area contributed by atoms with Crippen molar-refractivity contribution in [3.05, 3.63) is 0 Å². The second-order valence-electron chi connectivity index (χ2n) is 4.31. The fraction of sp³-hybridized carbons (Fsp3) is 0.778. The molecule has 0 radical (unpaired) electrons. The van der Waals surface area contributed by atoms with Crippen molar-refractivity contribution in [1.82, 2.24) is 4.72 Å². The summed E-state index contributed by atoms with van der Waals surface area (Å²) in [5.74, 6) is -0.212. The number of carbonyl (C=O) groups is 1. The normalized spacial score (nSPS) is 14.3. The highest BCUT2D eigenvalue weighted by Gasteiger charge is 2.25. The molecule has 0 spiro atoms.